The molecule has 0 spiro atoms. The molecule has 1 aliphatic carbocycles. The van der Waals surface area contributed by atoms with Gasteiger partial charge in [0.1, 0.15) is 5.54 Å². The van der Waals surface area contributed by atoms with Crippen LogP contribution in [-0.2, 0) is 10.3 Å². The van der Waals surface area contributed by atoms with E-state index in [2.05, 4.69) is 28.6 Å². The first-order chi connectivity index (χ1) is 8.99. The number of nitrogens with zero attached hydrogens (tertiary/aromatic N) is 1. The van der Waals surface area contributed by atoms with Gasteiger partial charge in [0, 0.05) is 0 Å². The van der Waals surface area contributed by atoms with Crippen molar-refractivity contribution >= 4 is 11.9 Å². The van der Waals surface area contributed by atoms with E-state index < -0.39 is 5.54 Å². The van der Waals surface area contributed by atoms with Crippen LogP contribution in [0.5, 0.6) is 0 Å². The molecule has 1 aliphatic heterocycles. The lowest BCUT2D eigenvalue weighted by Crippen LogP contribution is -2.41. The van der Waals surface area contributed by atoms with Crippen LogP contribution in [0.4, 0.5) is 0 Å². The first-order valence-electron chi connectivity index (χ1n) is 6.74. The van der Waals surface area contributed by atoms with Crippen molar-refractivity contribution in [2.45, 2.75) is 45.2 Å². The Hall–Kier alpha value is -1.84. The third-order valence-electron chi connectivity index (χ3n) is 3.83. The molecular formula is C15H19N3O. The topological polar surface area (TPSA) is 53.5 Å². The SMILES string of the molecule is Cc1ccc(C2(C)NC(=NC3CC3)NC2=O)c(C)c1. The van der Waals surface area contributed by atoms with Gasteiger partial charge in [0.25, 0.3) is 5.91 Å². The minimum atomic E-state index is -0.717. The molecule has 1 unspecified atom stereocenters. The monoisotopic (exact) mass is 257 g/mol. The van der Waals surface area contributed by atoms with Crippen molar-refractivity contribution in [1.29, 1.82) is 0 Å². The minimum Gasteiger partial charge on any atom is -0.338 e. The fraction of sp³-hybridized carbons (Fsp3) is 0.467. The predicted octanol–water partition coefficient (Wildman–Crippen LogP) is 1.76. The van der Waals surface area contributed by atoms with Crippen LogP contribution in [0.1, 0.15) is 36.5 Å². The average Bonchev–Trinajstić information content (AvgIpc) is 3.07. The summed E-state index contributed by atoms with van der Waals surface area (Å²) in [5, 5.41) is 6.11. The maximum Gasteiger partial charge on any atom is 0.256 e. The van der Waals surface area contributed by atoms with E-state index in [9.17, 15) is 4.79 Å². The van der Waals surface area contributed by atoms with Crippen molar-refractivity contribution in [2.24, 2.45) is 4.99 Å². The number of amides is 1. The summed E-state index contributed by atoms with van der Waals surface area (Å²) in [6.07, 6.45) is 2.25. The number of nitrogens with one attached hydrogen (secondary N) is 2. The third-order valence-corrected chi connectivity index (χ3v) is 3.83. The van der Waals surface area contributed by atoms with Crippen molar-refractivity contribution < 1.29 is 4.79 Å². The van der Waals surface area contributed by atoms with Crippen LogP contribution in [0.15, 0.2) is 23.2 Å². The van der Waals surface area contributed by atoms with Crippen molar-refractivity contribution in [2.75, 3.05) is 0 Å². The molecule has 1 heterocycles. The van der Waals surface area contributed by atoms with Crippen LogP contribution in [0.3, 0.4) is 0 Å². The summed E-state index contributed by atoms with van der Waals surface area (Å²) in [5.41, 5.74) is 2.62. The highest BCUT2D eigenvalue weighted by Gasteiger charge is 2.43. The number of guanidine groups is 1. The Labute approximate surface area is 113 Å². The molecule has 19 heavy (non-hydrogen) atoms. The number of hydrogen-bond acceptors (Lipinski definition) is 2. The van der Waals surface area contributed by atoms with Gasteiger partial charge in [0.15, 0.2) is 5.96 Å². The largest absolute Gasteiger partial charge is 0.338 e. The lowest BCUT2D eigenvalue weighted by Gasteiger charge is -2.24. The van der Waals surface area contributed by atoms with Crippen molar-refractivity contribution in [1.82, 2.24) is 10.6 Å². The molecule has 0 bridgehead atoms. The van der Waals surface area contributed by atoms with Gasteiger partial charge >= 0.3 is 0 Å². The number of carbonyl (C=O) groups is 1. The molecule has 1 aromatic carbocycles. The number of benzene rings is 1. The fourth-order valence-electron chi connectivity index (χ4n) is 2.57. The molecule has 4 heteroatoms. The summed E-state index contributed by atoms with van der Waals surface area (Å²) in [4.78, 5) is 16.8. The highest BCUT2D eigenvalue weighted by atomic mass is 16.2. The summed E-state index contributed by atoms with van der Waals surface area (Å²) >= 11 is 0. The lowest BCUT2D eigenvalue weighted by atomic mass is 9.88. The van der Waals surface area contributed by atoms with Gasteiger partial charge in [-0.15, -0.1) is 0 Å². The van der Waals surface area contributed by atoms with Gasteiger partial charge in [-0.1, -0.05) is 23.8 Å². The first kappa shape index (κ1) is 12.2. The molecule has 3 rings (SSSR count). The van der Waals surface area contributed by atoms with Crippen LogP contribution >= 0.6 is 0 Å². The zero-order chi connectivity index (χ0) is 13.6. The Morgan fingerprint density at radius 2 is 2.05 bits per heavy atom. The van der Waals surface area contributed by atoms with E-state index in [0.717, 1.165) is 24.0 Å². The van der Waals surface area contributed by atoms with E-state index in [1.54, 1.807) is 0 Å². The number of rotatable bonds is 2. The fourth-order valence-corrected chi connectivity index (χ4v) is 2.57. The summed E-state index contributed by atoms with van der Waals surface area (Å²) in [6.45, 7) is 6.01. The van der Waals surface area contributed by atoms with Crippen molar-refractivity contribution in [3.05, 3.63) is 34.9 Å². The second kappa shape index (κ2) is 4.08. The Balaban J connectivity index is 1.95. The van der Waals surface area contributed by atoms with Crippen LogP contribution in [0, 0.1) is 13.8 Å². The average molecular weight is 257 g/mol. The molecule has 4 nitrogen and oxygen atoms in total. The molecule has 0 radical (unpaired) electrons. The van der Waals surface area contributed by atoms with E-state index in [4.69, 9.17) is 0 Å². The van der Waals surface area contributed by atoms with Gasteiger partial charge < -0.3 is 5.32 Å². The molecule has 1 aromatic rings. The lowest BCUT2D eigenvalue weighted by molar-refractivity contribution is -0.123. The van der Waals surface area contributed by atoms with E-state index in [-0.39, 0.29) is 5.91 Å². The highest BCUT2D eigenvalue weighted by molar-refractivity contribution is 6.09. The number of hydrogen-bond donors (Lipinski definition) is 2. The zero-order valence-electron chi connectivity index (χ0n) is 11.6. The van der Waals surface area contributed by atoms with Gasteiger partial charge in [-0.25, -0.2) is 4.99 Å². The number of aryl methyl sites for hydroxylation is 2. The molecule has 2 N–H and O–H groups in total. The second-order valence-electron chi connectivity index (χ2n) is 5.73. The Kier molecular flexibility index (Phi) is 2.62. The molecule has 2 fully saturated rings. The Morgan fingerprint density at radius 1 is 1.32 bits per heavy atom. The Bertz CT molecular complexity index is 575. The molecule has 100 valence electrons. The van der Waals surface area contributed by atoms with Crippen molar-refractivity contribution in [3.63, 3.8) is 0 Å². The third kappa shape index (κ3) is 2.11. The first-order valence-corrected chi connectivity index (χ1v) is 6.74. The summed E-state index contributed by atoms with van der Waals surface area (Å²) in [6, 6.07) is 6.56. The van der Waals surface area contributed by atoms with Gasteiger partial charge in [0.2, 0.25) is 0 Å². The normalized spacial score (nSPS) is 28.4. The summed E-state index contributed by atoms with van der Waals surface area (Å²) in [7, 11) is 0. The van der Waals surface area contributed by atoms with Crippen LogP contribution in [0.25, 0.3) is 0 Å². The Morgan fingerprint density at radius 3 is 2.68 bits per heavy atom. The summed E-state index contributed by atoms with van der Waals surface area (Å²) < 4.78 is 0. The van der Waals surface area contributed by atoms with Crippen molar-refractivity contribution in [3.8, 4) is 0 Å². The smallest absolute Gasteiger partial charge is 0.256 e. The second-order valence-corrected chi connectivity index (χ2v) is 5.73. The van der Waals surface area contributed by atoms with E-state index >= 15 is 0 Å². The van der Waals surface area contributed by atoms with Gasteiger partial charge in [0.05, 0.1) is 6.04 Å². The predicted molar refractivity (Wildman–Crippen MR) is 75.0 cm³/mol. The molecule has 0 aromatic heterocycles. The highest BCUT2D eigenvalue weighted by Crippen LogP contribution is 2.29. The van der Waals surface area contributed by atoms with Gasteiger partial charge in [-0.05, 0) is 44.7 Å². The molecule has 1 atom stereocenters. The maximum absolute atomic E-state index is 12.3. The van der Waals surface area contributed by atoms with Crippen LogP contribution < -0.4 is 10.6 Å². The van der Waals surface area contributed by atoms with E-state index in [1.807, 2.05) is 26.0 Å². The number of carbonyl (C=O) groups excluding carboxylic acids is 1. The maximum atomic E-state index is 12.3. The number of aliphatic imine (C=N–C) groups is 1. The molecule has 1 amide bonds. The minimum absolute atomic E-state index is 0.0288. The van der Waals surface area contributed by atoms with Crippen LogP contribution in [-0.4, -0.2) is 17.9 Å². The molecule has 1 saturated carbocycles. The molecule has 1 saturated heterocycles. The quantitative estimate of drug-likeness (QED) is 0.848. The standard InChI is InChI=1S/C15H19N3O/c1-9-4-7-12(10(2)8-9)15(3)13(19)17-14(18-15)16-11-5-6-11/h4,7-8,11H,5-6H2,1-3H3,(H2,16,17,18,19). The van der Waals surface area contributed by atoms with Gasteiger partial charge in [-0.2, -0.15) is 0 Å². The van der Waals surface area contributed by atoms with Gasteiger partial charge in [-0.3, -0.25) is 10.1 Å². The van der Waals surface area contributed by atoms with Crippen LogP contribution in [0.2, 0.25) is 0 Å². The molecular weight excluding hydrogens is 238 g/mol. The van der Waals surface area contributed by atoms with E-state index in [0.29, 0.717) is 12.0 Å². The molecule has 2 aliphatic rings. The zero-order valence-corrected chi connectivity index (χ0v) is 11.6. The van der Waals surface area contributed by atoms with E-state index in [1.165, 1.54) is 5.56 Å². The summed E-state index contributed by atoms with van der Waals surface area (Å²) in [5.74, 6) is 0.592.